The standard InChI is InChI=1S/C44H50N6O6S2.C36H41N5O7S2.C8H11N.2CH4/c51-39-37-23-33(50-41(53)38(31-19-22-58-28-31)35(25-46-50)30-18-21-57-27-30)26-49(37)40(52)36(47-43(55)56-34-14-9-10-15-34)16-8-3-1-2-7-13-32-24-44(32,48-39)42(54)45-20-17-29-11-5-4-6-12-29;42-31-29-16-25(41-33(44)30(23-13-15-50-21-23)27(18-37-41)22-12-14-49-20-22)19-40(29)32(43)28(38-35(47)48-26-9-6-7-10-26)11-5-3-1-2-4-8-24-17-36(24,39-31)34(45)46;9-7-6-8-4-2-1-3-5-8;;/h4-7,11-13,18-19,21-22,25,27-28,32-34,36-37H,1-3,8-10,14-17,20,23-24,26H2,(H,45,54)(H,47,55)(H,48,51);4,8,12-15,18,20-21,24-26,28-29H,1-3,5-7,9-11,16-17,19H2,(H,38,47)(H,39,42)(H,45,46);1-5H,6-7,9H2;2*1H4/b13-7-;8-4-;;;/t32?,33-,36+,37-,44-;24?,25-,28+,29-,36-;;;/m00.../s1. The van der Waals surface area contributed by atoms with Crippen molar-refractivity contribution in [3.05, 3.63) is 197 Å². The van der Waals surface area contributed by atoms with E-state index in [1.165, 1.54) is 70.1 Å². The van der Waals surface area contributed by atoms with E-state index >= 15 is 0 Å². The molecule has 2 saturated heterocycles. The van der Waals surface area contributed by atoms with Crippen molar-refractivity contribution in [1.82, 2.24) is 55.9 Å². The van der Waals surface area contributed by atoms with Crippen LogP contribution in [0.25, 0.3) is 44.5 Å². The summed E-state index contributed by atoms with van der Waals surface area (Å²) in [5.74, 6) is -3.95. The van der Waals surface area contributed by atoms with Crippen molar-refractivity contribution in [2.75, 3.05) is 26.2 Å². The van der Waals surface area contributed by atoms with Crippen LogP contribution < -0.4 is 43.4 Å². The molecular formula is C90H110N12O13S4. The SMILES string of the molecule is C.C.NCCc1ccccc1.O=C(N[C@@H]1CCCCC/C=C\C2C[C@]2(C(=O)NCCc2ccccc2)NC(=O)[C@@H]2C[C@H](n3ncc(-c4ccsc4)c(-c4ccsc4)c3=O)CN2C1=O)OC1CCCC1.O=C(N[C@@H]1CCCCC/C=C\C2C[C@]2(C(=O)O)NC(=O)[C@@H]2C[C@H](n3ncc(-c4ccsc4)c(-c4ccsc4)c3=O)CN2C1=O)OC1CCCC1. The van der Waals surface area contributed by atoms with E-state index in [9.17, 15) is 53.1 Å². The van der Waals surface area contributed by atoms with E-state index in [1.807, 2.05) is 134 Å². The Hall–Kier alpha value is -10.2. The molecule has 29 heteroatoms. The number of carbonyl (C=O) groups excluding carboxylic acids is 7. The van der Waals surface area contributed by atoms with Crippen molar-refractivity contribution in [1.29, 1.82) is 0 Å². The Morgan fingerprint density at radius 1 is 0.513 bits per heavy atom. The van der Waals surface area contributed by atoms with Crippen LogP contribution in [0.1, 0.15) is 179 Å². The summed E-state index contributed by atoms with van der Waals surface area (Å²) in [6.07, 6.45) is 26.0. The molecule has 8 aromatic rings. The number of benzene rings is 2. The molecule has 4 aliphatic heterocycles. The van der Waals surface area contributed by atoms with Gasteiger partial charge in [0.25, 0.3) is 11.1 Å². The molecule has 0 radical (unpaired) electrons. The van der Waals surface area contributed by atoms with E-state index in [2.05, 4.69) is 55.0 Å². The van der Waals surface area contributed by atoms with E-state index < -0.39 is 89.1 Å². The predicted octanol–water partition coefficient (Wildman–Crippen LogP) is 14.5. The number of alkyl carbamates (subject to hydrolysis) is 2. The molecule has 25 nitrogen and oxygen atoms in total. The first-order valence-electron chi connectivity index (χ1n) is 41.1. The maximum atomic E-state index is 14.8. The third kappa shape index (κ3) is 21.2. The highest BCUT2D eigenvalue weighted by Gasteiger charge is 2.63. The van der Waals surface area contributed by atoms with Crippen LogP contribution in [0.4, 0.5) is 9.59 Å². The first-order chi connectivity index (χ1) is 57.0. The number of nitrogens with one attached hydrogen (secondary N) is 5. The second-order valence-corrected chi connectivity index (χ2v) is 34.8. The molecule has 6 fully saturated rings. The van der Waals surface area contributed by atoms with Crippen molar-refractivity contribution in [3.8, 4) is 44.5 Å². The zero-order valence-electron chi connectivity index (χ0n) is 65.5. The number of carbonyl (C=O) groups is 8. The molecule has 4 aliphatic carbocycles. The molecule has 8 N–H and O–H groups in total. The molecule has 0 bridgehead atoms. The van der Waals surface area contributed by atoms with Gasteiger partial charge in [-0.15, -0.1) is 0 Å². The lowest BCUT2D eigenvalue weighted by Gasteiger charge is -2.30. The van der Waals surface area contributed by atoms with Crippen LogP contribution in [-0.2, 0) is 51.1 Å². The van der Waals surface area contributed by atoms with Gasteiger partial charge in [-0.3, -0.25) is 33.6 Å². The minimum atomic E-state index is -1.47. The van der Waals surface area contributed by atoms with Gasteiger partial charge in [-0.05, 0) is 223 Å². The van der Waals surface area contributed by atoms with Crippen molar-refractivity contribution >= 4 is 93.0 Å². The first-order valence-corrected chi connectivity index (χ1v) is 44.9. The summed E-state index contributed by atoms with van der Waals surface area (Å²) in [6.45, 7) is 1.13. The topological polar surface area (TPSA) is 338 Å². The molecule has 632 valence electrons. The quantitative estimate of drug-likeness (QED) is 0.0417. The van der Waals surface area contributed by atoms with Crippen molar-refractivity contribution in [3.63, 3.8) is 0 Å². The summed E-state index contributed by atoms with van der Waals surface area (Å²) >= 11 is 6.01. The maximum Gasteiger partial charge on any atom is 0.408 e. The van der Waals surface area contributed by atoms with Crippen molar-refractivity contribution in [2.45, 2.75) is 228 Å². The van der Waals surface area contributed by atoms with Crippen LogP contribution in [0.15, 0.2) is 174 Å². The number of allylic oxidation sites excluding steroid dienone is 2. The number of nitrogens with zero attached hydrogens (tertiary/aromatic N) is 6. The van der Waals surface area contributed by atoms with Gasteiger partial charge in [0, 0.05) is 55.4 Å². The highest BCUT2D eigenvalue weighted by Crippen LogP contribution is 2.48. The van der Waals surface area contributed by atoms with Crippen LogP contribution in [-0.4, -0.2) is 156 Å². The number of ether oxygens (including phenoxy) is 2. The smallest absolute Gasteiger partial charge is 0.408 e. The lowest BCUT2D eigenvalue weighted by molar-refractivity contribution is -0.145. The molecule has 119 heavy (non-hydrogen) atoms. The number of fused-ring (bicyclic) bond motifs is 4. The lowest BCUT2D eigenvalue weighted by Crippen LogP contribution is -2.58. The van der Waals surface area contributed by atoms with Gasteiger partial charge in [-0.25, -0.2) is 23.7 Å². The molecule has 2 unspecified atom stereocenters. The normalized spacial score (nSPS) is 25.1. The number of thiophene rings is 4. The highest BCUT2D eigenvalue weighted by atomic mass is 32.1. The van der Waals surface area contributed by atoms with Gasteiger partial charge in [-0.2, -0.15) is 55.5 Å². The van der Waals surface area contributed by atoms with Gasteiger partial charge in [0.05, 0.1) is 35.6 Å². The third-order valence-electron chi connectivity index (χ3n) is 23.8. The Balaban J connectivity index is 0.000000196. The molecule has 16 rings (SSSR count). The predicted molar refractivity (Wildman–Crippen MR) is 466 cm³/mol. The largest absolute Gasteiger partial charge is 0.479 e. The Morgan fingerprint density at radius 2 is 0.916 bits per heavy atom. The summed E-state index contributed by atoms with van der Waals surface area (Å²) in [5, 5.41) is 49.6. The van der Waals surface area contributed by atoms with Gasteiger partial charge in [0.1, 0.15) is 47.5 Å². The highest BCUT2D eigenvalue weighted by molar-refractivity contribution is 7.09. The molecule has 6 aromatic heterocycles. The summed E-state index contributed by atoms with van der Waals surface area (Å²) in [4.78, 5) is 143. The van der Waals surface area contributed by atoms with Crippen LogP contribution in [0, 0.1) is 11.8 Å². The molecule has 7 amide bonds. The van der Waals surface area contributed by atoms with E-state index in [1.54, 1.807) is 12.4 Å². The number of carboxylic acid groups (broad SMARTS) is 1. The summed E-state index contributed by atoms with van der Waals surface area (Å²) in [7, 11) is 0. The van der Waals surface area contributed by atoms with Crippen molar-refractivity contribution in [2.24, 2.45) is 17.6 Å². The average Bonchev–Trinajstić information content (AvgIpc) is 1.59. The molecule has 10 atom stereocenters. The summed E-state index contributed by atoms with van der Waals surface area (Å²) in [6, 6.07) is 22.4. The molecule has 8 aliphatic rings. The number of amides is 7. The van der Waals surface area contributed by atoms with E-state index in [4.69, 9.17) is 15.2 Å². The molecule has 10 heterocycles. The lowest BCUT2D eigenvalue weighted by atomic mass is 10.0. The Bertz CT molecular complexity index is 4930. The van der Waals surface area contributed by atoms with Crippen LogP contribution >= 0.6 is 45.3 Å². The number of carboxylic acids is 1. The molecule has 0 spiro atoms. The van der Waals surface area contributed by atoms with Gasteiger partial charge in [0.2, 0.25) is 29.5 Å². The number of hydrogen-bond donors (Lipinski definition) is 7. The Labute approximate surface area is 710 Å². The summed E-state index contributed by atoms with van der Waals surface area (Å²) in [5.41, 5.74) is 10.1. The number of rotatable bonds is 17. The average molecular weight is 1700 g/mol. The fraction of sp³-hybridized carbons (Fsp3) is 0.467. The van der Waals surface area contributed by atoms with E-state index in [0.29, 0.717) is 67.3 Å². The second-order valence-electron chi connectivity index (χ2n) is 31.7. The van der Waals surface area contributed by atoms with Crippen molar-refractivity contribution < 1.29 is 52.9 Å². The molecule has 2 aromatic carbocycles. The number of aromatic nitrogens is 4. The number of hydrogen-bond acceptors (Lipinski definition) is 19. The van der Waals surface area contributed by atoms with Crippen LogP contribution in [0.2, 0.25) is 0 Å². The second kappa shape index (κ2) is 41.2. The first kappa shape index (κ1) is 88.1. The summed E-state index contributed by atoms with van der Waals surface area (Å²) < 4.78 is 14.1. The number of aliphatic carboxylic acids is 1. The number of nitrogens with two attached hydrogens (primary N) is 1. The molecule has 4 saturated carbocycles. The fourth-order valence-electron chi connectivity index (χ4n) is 17.2. The fourth-order valence-corrected chi connectivity index (χ4v) is 19.8. The third-order valence-corrected chi connectivity index (χ3v) is 26.6. The van der Waals surface area contributed by atoms with Gasteiger partial charge in [0.15, 0.2) is 0 Å². The van der Waals surface area contributed by atoms with Gasteiger partial charge < -0.3 is 56.7 Å². The minimum absolute atomic E-state index is 0. The van der Waals surface area contributed by atoms with Gasteiger partial charge in [-0.1, -0.05) is 126 Å². The maximum absolute atomic E-state index is 14.8. The van der Waals surface area contributed by atoms with Crippen LogP contribution in [0.5, 0.6) is 0 Å². The minimum Gasteiger partial charge on any atom is -0.479 e. The Kier molecular flexibility index (Phi) is 30.5. The molecular weight excluding hydrogens is 1590 g/mol. The van der Waals surface area contributed by atoms with E-state index in [0.717, 1.165) is 131 Å². The van der Waals surface area contributed by atoms with Gasteiger partial charge >= 0.3 is 18.2 Å². The Morgan fingerprint density at radius 3 is 1.34 bits per heavy atom. The zero-order valence-corrected chi connectivity index (χ0v) is 68.7. The zero-order chi connectivity index (χ0) is 81.4. The van der Waals surface area contributed by atoms with E-state index in [-0.39, 0.29) is 88.3 Å². The van der Waals surface area contributed by atoms with Crippen LogP contribution in [0.3, 0.4) is 0 Å². The monoisotopic (exact) mass is 1690 g/mol.